The molecule has 0 spiro atoms. The Morgan fingerprint density at radius 2 is 1.11 bits per heavy atom. The minimum Gasteiger partial charge on any atom is -0.480 e. The average molecular weight is 505 g/mol. The van der Waals surface area contributed by atoms with Gasteiger partial charge < -0.3 is 59.9 Å². The Labute approximate surface area is 201 Å². The molecule has 0 bridgehead atoms. The molecule has 16 N–H and O–H groups in total. The first-order chi connectivity index (χ1) is 16.4. The van der Waals surface area contributed by atoms with E-state index in [0.717, 1.165) is 0 Å². The molecule has 17 nitrogen and oxygen atoms in total. The van der Waals surface area contributed by atoms with Crippen LogP contribution in [-0.4, -0.2) is 101 Å². The fourth-order valence-electron chi connectivity index (χ4n) is 2.63. The number of aliphatic hydroxyl groups is 2. The molecule has 35 heavy (non-hydrogen) atoms. The number of aliphatic hydroxyl groups excluding tert-OH is 2. The molecule has 0 saturated carbocycles. The Balaban J connectivity index is 5.18. The van der Waals surface area contributed by atoms with Crippen LogP contribution in [0, 0.1) is 0 Å². The Hall–Kier alpha value is -3.70. The van der Waals surface area contributed by atoms with E-state index in [1.54, 1.807) is 0 Å². The van der Waals surface area contributed by atoms with E-state index in [-0.39, 0.29) is 44.3 Å². The van der Waals surface area contributed by atoms with Gasteiger partial charge in [-0.15, -0.1) is 0 Å². The highest BCUT2D eigenvalue weighted by molar-refractivity contribution is 5.94. The normalized spacial score (nSPS) is 13.9. The van der Waals surface area contributed by atoms with Gasteiger partial charge in [0.15, 0.2) is 11.9 Å². The van der Waals surface area contributed by atoms with Gasteiger partial charge in [-0.2, -0.15) is 0 Å². The molecule has 200 valence electrons. The number of aliphatic carboxylic acids is 1. The molecule has 0 aliphatic carbocycles. The molecule has 0 aliphatic heterocycles. The van der Waals surface area contributed by atoms with Crippen LogP contribution in [0.4, 0.5) is 0 Å². The molecular formula is C18H36N10O7. The van der Waals surface area contributed by atoms with E-state index in [1.807, 2.05) is 0 Å². The molecule has 4 atom stereocenters. The maximum absolute atomic E-state index is 12.6. The van der Waals surface area contributed by atoms with E-state index in [0.29, 0.717) is 6.42 Å². The van der Waals surface area contributed by atoms with Gasteiger partial charge in [0.2, 0.25) is 17.7 Å². The van der Waals surface area contributed by atoms with Gasteiger partial charge in [0.1, 0.15) is 18.1 Å². The zero-order valence-electron chi connectivity index (χ0n) is 19.2. The van der Waals surface area contributed by atoms with Crippen LogP contribution < -0.4 is 44.6 Å². The Bertz CT molecular complexity index is 769. The van der Waals surface area contributed by atoms with E-state index in [9.17, 15) is 24.3 Å². The van der Waals surface area contributed by atoms with E-state index >= 15 is 0 Å². The van der Waals surface area contributed by atoms with Crippen molar-refractivity contribution in [3.05, 3.63) is 0 Å². The molecule has 0 aromatic rings. The zero-order valence-corrected chi connectivity index (χ0v) is 19.2. The Morgan fingerprint density at radius 3 is 1.57 bits per heavy atom. The number of rotatable bonds is 17. The number of carbonyl (C=O) groups excluding carboxylic acids is 3. The summed E-state index contributed by atoms with van der Waals surface area (Å²) in [5, 5.41) is 34.4. The summed E-state index contributed by atoms with van der Waals surface area (Å²) >= 11 is 0. The van der Waals surface area contributed by atoms with Gasteiger partial charge in [-0.25, -0.2) is 4.79 Å². The van der Waals surface area contributed by atoms with Crippen LogP contribution in [0.3, 0.4) is 0 Å². The summed E-state index contributed by atoms with van der Waals surface area (Å²) in [7, 11) is 0. The van der Waals surface area contributed by atoms with E-state index in [4.69, 9.17) is 38.9 Å². The van der Waals surface area contributed by atoms with Crippen LogP contribution in [0.5, 0.6) is 0 Å². The predicted octanol–water partition coefficient (Wildman–Crippen LogP) is -6.06. The maximum atomic E-state index is 12.6. The highest BCUT2D eigenvalue weighted by Crippen LogP contribution is 2.02. The third-order valence-electron chi connectivity index (χ3n) is 4.50. The monoisotopic (exact) mass is 504 g/mol. The van der Waals surface area contributed by atoms with Gasteiger partial charge in [-0.3, -0.25) is 24.4 Å². The second-order valence-corrected chi connectivity index (χ2v) is 7.39. The van der Waals surface area contributed by atoms with Crippen LogP contribution in [0.25, 0.3) is 0 Å². The molecular weight excluding hydrogens is 468 g/mol. The Kier molecular flexibility index (Phi) is 15.1. The molecule has 0 aromatic carbocycles. The lowest BCUT2D eigenvalue weighted by Crippen LogP contribution is -2.58. The number of carbonyl (C=O) groups is 4. The predicted molar refractivity (Wildman–Crippen MR) is 125 cm³/mol. The summed E-state index contributed by atoms with van der Waals surface area (Å²) in [6.07, 6.45) is 0.762. The fraction of sp³-hybridized carbons (Fsp3) is 0.667. The highest BCUT2D eigenvalue weighted by Gasteiger charge is 2.29. The summed E-state index contributed by atoms with van der Waals surface area (Å²) < 4.78 is 0. The highest BCUT2D eigenvalue weighted by atomic mass is 16.4. The largest absolute Gasteiger partial charge is 0.480 e. The Morgan fingerprint density at radius 1 is 0.686 bits per heavy atom. The first kappa shape index (κ1) is 31.3. The minimum atomic E-state index is -1.61. The molecule has 0 fully saturated rings. The second kappa shape index (κ2) is 16.8. The molecule has 0 radical (unpaired) electrons. The number of amides is 3. The quantitative estimate of drug-likeness (QED) is 0.0500. The molecule has 0 aromatic heterocycles. The van der Waals surface area contributed by atoms with Crippen molar-refractivity contribution in [2.24, 2.45) is 38.7 Å². The zero-order chi connectivity index (χ0) is 27.0. The topological polar surface area (TPSA) is 320 Å². The molecule has 0 aliphatic rings. The summed E-state index contributed by atoms with van der Waals surface area (Å²) in [5.41, 5.74) is 26.7. The lowest BCUT2D eigenvalue weighted by Gasteiger charge is -2.24. The van der Waals surface area contributed by atoms with Crippen molar-refractivity contribution >= 4 is 35.6 Å². The van der Waals surface area contributed by atoms with Crippen molar-refractivity contribution < 1.29 is 34.5 Å². The van der Waals surface area contributed by atoms with Gasteiger partial charge in [0.05, 0.1) is 19.3 Å². The van der Waals surface area contributed by atoms with Crippen molar-refractivity contribution in [3.8, 4) is 0 Å². The lowest BCUT2D eigenvalue weighted by molar-refractivity contribution is -0.143. The second-order valence-electron chi connectivity index (χ2n) is 7.39. The molecule has 17 heteroatoms. The summed E-state index contributed by atoms with van der Waals surface area (Å²) in [5.74, 6) is -4.34. The lowest BCUT2D eigenvalue weighted by atomic mass is 10.1. The van der Waals surface area contributed by atoms with Crippen molar-refractivity contribution in [1.82, 2.24) is 16.0 Å². The molecule has 3 amide bonds. The van der Waals surface area contributed by atoms with Crippen molar-refractivity contribution in [1.29, 1.82) is 0 Å². The van der Waals surface area contributed by atoms with Crippen molar-refractivity contribution in [2.75, 3.05) is 26.3 Å². The van der Waals surface area contributed by atoms with Crippen LogP contribution in [0.15, 0.2) is 9.98 Å². The first-order valence-corrected chi connectivity index (χ1v) is 10.6. The van der Waals surface area contributed by atoms with Crippen LogP contribution in [-0.2, 0) is 19.2 Å². The van der Waals surface area contributed by atoms with Crippen LogP contribution >= 0.6 is 0 Å². The van der Waals surface area contributed by atoms with Crippen LogP contribution in [0.1, 0.15) is 25.7 Å². The smallest absolute Gasteiger partial charge is 0.328 e. The molecule has 4 unspecified atom stereocenters. The average Bonchev–Trinajstić information content (AvgIpc) is 2.79. The molecule has 0 saturated heterocycles. The SMILES string of the molecule is NC(N)=NCCCC(N)C(=O)NC(CO)C(=O)NC(CCCN=C(N)N)C(=O)NC(CO)C(=O)O. The van der Waals surface area contributed by atoms with Crippen molar-refractivity contribution in [2.45, 2.75) is 49.9 Å². The number of nitrogens with two attached hydrogens (primary N) is 5. The van der Waals surface area contributed by atoms with Gasteiger partial charge in [-0.1, -0.05) is 0 Å². The number of nitrogens with one attached hydrogen (secondary N) is 3. The van der Waals surface area contributed by atoms with Gasteiger partial charge in [0.25, 0.3) is 0 Å². The van der Waals surface area contributed by atoms with Crippen LogP contribution in [0.2, 0.25) is 0 Å². The minimum absolute atomic E-state index is 0.0253. The first-order valence-electron chi connectivity index (χ1n) is 10.6. The third-order valence-corrected chi connectivity index (χ3v) is 4.50. The van der Waals surface area contributed by atoms with Gasteiger partial charge in [0, 0.05) is 13.1 Å². The maximum Gasteiger partial charge on any atom is 0.328 e. The van der Waals surface area contributed by atoms with E-state index < -0.39 is 61.1 Å². The number of hydrogen-bond donors (Lipinski definition) is 11. The van der Waals surface area contributed by atoms with Crippen molar-refractivity contribution in [3.63, 3.8) is 0 Å². The van der Waals surface area contributed by atoms with Gasteiger partial charge >= 0.3 is 5.97 Å². The molecule has 0 rings (SSSR count). The number of nitrogens with zero attached hydrogens (tertiary/aromatic N) is 2. The summed E-state index contributed by atoms with van der Waals surface area (Å²) in [4.78, 5) is 56.0. The van der Waals surface area contributed by atoms with E-state index in [1.165, 1.54) is 0 Å². The fourth-order valence-corrected chi connectivity index (χ4v) is 2.63. The third kappa shape index (κ3) is 13.6. The number of aliphatic imine (C=N–C) groups is 2. The number of carboxylic acid groups (broad SMARTS) is 1. The number of hydrogen-bond acceptors (Lipinski definition) is 9. The summed E-state index contributed by atoms with van der Waals surface area (Å²) in [6, 6.07) is -5.37. The van der Waals surface area contributed by atoms with Gasteiger partial charge in [-0.05, 0) is 25.7 Å². The molecule has 0 heterocycles. The number of guanidine groups is 2. The van der Waals surface area contributed by atoms with E-state index in [2.05, 4.69) is 25.9 Å². The standard InChI is InChI=1S/C18H36N10O7/c19-9(3-1-5-24-17(20)21)13(31)27-11(7-29)15(33)26-10(4-2-6-25-18(22)23)14(32)28-12(8-30)16(34)35/h9-12,29-30H,1-8,19H2,(H,26,33)(H,27,31)(H,28,32)(H,34,35)(H4,20,21,24)(H4,22,23,25). The summed E-state index contributed by atoms with van der Waals surface area (Å²) in [6.45, 7) is -1.34. The number of carboxylic acids is 1.